The first-order valence-corrected chi connectivity index (χ1v) is 6.32. The summed E-state index contributed by atoms with van der Waals surface area (Å²) in [5.74, 6) is -0.111. The van der Waals surface area contributed by atoms with Gasteiger partial charge in [-0.25, -0.2) is 4.79 Å². The van der Waals surface area contributed by atoms with Crippen molar-refractivity contribution in [3.05, 3.63) is 29.3 Å². The van der Waals surface area contributed by atoms with Crippen molar-refractivity contribution in [2.75, 3.05) is 11.4 Å². The predicted octanol–water partition coefficient (Wildman–Crippen LogP) is 2.07. The van der Waals surface area contributed by atoms with Gasteiger partial charge in [0.25, 0.3) is 0 Å². The van der Waals surface area contributed by atoms with Gasteiger partial charge in [-0.1, -0.05) is 0 Å². The van der Waals surface area contributed by atoms with E-state index in [1.165, 1.54) is 12.8 Å². The van der Waals surface area contributed by atoms with Crippen LogP contribution in [0.1, 0.15) is 35.2 Å². The fourth-order valence-electron chi connectivity index (χ4n) is 2.45. The van der Waals surface area contributed by atoms with Gasteiger partial charge < -0.3 is 10.0 Å². The van der Waals surface area contributed by atoms with E-state index in [0.717, 1.165) is 17.8 Å². The van der Waals surface area contributed by atoms with Gasteiger partial charge in [-0.3, -0.25) is 4.79 Å². The van der Waals surface area contributed by atoms with Crippen molar-refractivity contribution < 1.29 is 14.7 Å². The lowest BCUT2D eigenvalue weighted by Gasteiger charge is -2.29. The third-order valence-electron chi connectivity index (χ3n) is 3.66. The molecule has 1 aliphatic carbocycles. The predicted molar refractivity (Wildman–Crippen MR) is 66.8 cm³/mol. The number of anilines is 1. The summed E-state index contributed by atoms with van der Waals surface area (Å²) < 4.78 is 0. The molecule has 0 unspecified atom stereocenters. The van der Waals surface area contributed by atoms with Crippen molar-refractivity contribution in [2.24, 2.45) is 5.92 Å². The van der Waals surface area contributed by atoms with Crippen molar-refractivity contribution in [1.29, 1.82) is 0 Å². The quantitative estimate of drug-likeness (QED) is 0.886. The van der Waals surface area contributed by atoms with E-state index in [0.29, 0.717) is 24.3 Å². The molecule has 0 atom stereocenters. The number of rotatable bonds is 3. The van der Waals surface area contributed by atoms with Crippen LogP contribution in [0.3, 0.4) is 0 Å². The maximum absolute atomic E-state index is 11.9. The molecular weight excluding hydrogens is 230 g/mol. The molecule has 0 saturated heterocycles. The average Bonchev–Trinajstić information content (AvgIpc) is 3.16. The second kappa shape index (κ2) is 4.12. The number of fused-ring (bicyclic) bond motifs is 1. The van der Waals surface area contributed by atoms with Crippen LogP contribution in [0.2, 0.25) is 0 Å². The van der Waals surface area contributed by atoms with Crippen molar-refractivity contribution in [3.8, 4) is 0 Å². The van der Waals surface area contributed by atoms with E-state index in [9.17, 15) is 9.59 Å². The number of aryl methyl sites for hydroxylation is 1. The Morgan fingerprint density at radius 1 is 1.33 bits per heavy atom. The van der Waals surface area contributed by atoms with Crippen molar-refractivity contribution in [3.63, 3.8) is 0 Å². The van der Waals surface area contributed by atoms with Crippen LogP contribution in [0, 0.1) is 5.92 Å². The highest BCUT2D eigenvalue weighted by Gasteiger charge is 2.31. The molecule has 1 aromatic rings. The minimum atomic E-state index is -0.913. The minimum absolute atomic E-state index is 0.164. The molecule has 1 N–H and O–H groups in total. The molecule has 4 nitrogen and oxygen atoms in total. The summed E-state index contributed by atoms with van der Waals surface area (Å²) in [4.78, 5) is 24.7. The van der Waals surface area contributed by atoms with Gasteiger partial charge in [-0.05, 0) is 48.9 Å². The molecule has 1 aliphatic heterocycles. The highest BCUT2D eigenvalue weighted by Crippen LogP contribution is 2.35. The molecule has 1 aromatic carbocycles. The van der Waals surface area contributed by atoms with Gasteiger partial charge >= 0.3 is 5.97 Å². The van der Waals surface area contributed by atoms with E-state index in [2.05, 4.69) is 0 Å². The van der Waals surface area contributed by atoms with E-state index in [1.54, 1.807) is 18.2 Å². The van der Waals surface area contributed by atoms with Crippen LogP contribution in [0.5, 0.6) is 0 Å². The lowest BCUT2D eigenvalue weighted by atomic mass is 9.98. The highest BCUT2D eigenvalue weighted by molar-refractivity contribution is 5.97. The zero-order valence-electron chi connectivity index (χ0n) is 10.1. The monoisotopic (exact) mass is 245 g/mol. The van der Waals surface area contributed by atoms with E-state index in [-0.39, 0.29) is 5.91 Å². The maximum Gasteiger partial charge on any atom is 0.335 e. The van der Waals surface area contributed by atoms with Gasteiger partial charge in [-0.15, -0.1) is 0 Å². The largest absolute Gasteiger partial charge is 0.478 e. The molecule has 4 heteroatoms. The highest BCUT2D eigenvalue weighted by atomic mass is 16.4. The summed E-state index contributed by atoms with van der Waals surface area (Å²) in [6, 6.07) is 5.06. The van der Waals surface area contributed by atoms with Crippen LogP contribution in [0.15, 0.2) is 18.2 Å². The third-order valence-corrected chi connectivity index (χ3v) is 3.66. The van der Waals surface area contributed by atoms with Crippen molar-refractivity contribution in [1.82, 2.24) is 0 Å². The third kappa shape index (κ3) is 1.98. The SMILES string of the molecule is O=C(O)c1ccc2c(c1)CCC(=O)N2CC1CC1. The van der Waals surface area contributed by atoms with Crippen LogP contribution in [-0.2, 0) is 11.2 Å². The van der Waals surface area contributed by atoms with E-state index in [1.807, 2.05) is 4.90 Å². The first-order valence-electron chi connectivity index (χ1n) is 6.32. The minimum Gasteiger partial charge on any atom is -0.478 e. The smallest absolute Gasteiger partial charge is 0.335 e. The lowest BCUT2D eigenvalue weighted by molar-refractivity contribution is -0.118. The molecule has 1 saturated carbocycles. The van der Waals surface area contributed by atoms with Crippen LogP contribution in [0.25, 0.3) is 0 Å². The molecule has 0 bridgehead atoms. The summed E-state index contributed by atoms with van der Waals surface area (Å²) >= 11 is 0. The molecule has 94 valence electrons. The van der Waals surface area contributed by atoms with Gasteiger partial charge in [-0.2, -0.15) is 0 Å². The molecule has 3 rings (SSSR count). The second-order valence-corrected chi connectivity index (χ2v) is 5.10. The molecule has 18 heavy (non-hydrogen) atoms. The number of hydrogen-bond donors (Lipinski definition) is 1. The van der Waals surface area contributed by atoms with Crippen molar-refractivity contribution in [2.45, 2.75) is 25.7 Å². The summed E-state index contributed by atoms with van der Waals surface area (Å²) in [6.07, 6.45) is 3.54. The van der Waals surface area contributed by atoms with E-state index < -0.39 is 5.97 Å². The average molecular weight is 245 g/mol. The molecule has 1 heterocycles. The fourth-order valence-corrected chi connectivity index (χ4v) is 2.45. The number of carbonyl (C=O) groups excluding carboxylic acids is 1. The van der Waals surface area contributed by atoms with Crippen molar-refractivity contribution >= 4 is 17.6 Å². The number of carboxylic acid groups (broad SMARTS) is 1. The van der Waals surface area contributed by atoms with Crippen LogP contribution in [-0.4, -0.2) is 23.5 Å². The summed E-state index contributed by atoms with van der Waals surface area (Å²) in [5, 5.41) is 8.98. The standard InChI is InChI=1S/C14H15NO3/c16-13-6-4-10-7-11(14(17)18)3-5-12(10)15(13)8-9-1-2-9/h3,5,7,9H,1-2,4,6,8H2,(H,17,18). The molecule has 0 spiro atoms. The van der Waals surface area contributed by atoms with E-state index >= 15 is 0 Å². The molecule has 0 aromatic heterocycles. The Hall–Kier alpha value is -1.84. The molecule has 1 fully saturated rings. The number of amides is 1. The molecule has 2 aliphatic rings. The zero-order valence-corrected chi connectivity index (χ0v) is 10.1. The Kier molecular flexibility index (Phi) is 2.58. The zero-order chi connectivity index (χ0) is 12.7. The number of nitrogens with zero attached hydrogens (tertiary/aromatic N) is 1. The van der Waals surface area contributed by atoms with E-state index in [4.69, 9.17) is 5.11 Å². The Morgan fingerprint density at radius 2 is 2.11 bits per heavy atom. The van der Waals surface area contributed by atoms with Gasteiger partial charge in [0.2, 0.25) is 5.91 Å². The first kappa shape index (κ1) is 11.3. The number of benzene rings is 1. The van der Waals surface area contributed by atoms with Gasteiger partial charge in [0.05, 0.1) is 5.56 Å². The summed E-state index contributed by atoms with van der Waals surface area (Å²) in [7, 11) is 0. The number of hydrogen-bond acceptors (Lipinski definition) is 2. The normalized spacial score (nSPS) is 18.7. The number of carbonyl (C=O) groups is 2. The lowest BCUT2D eigenvalue weighted by Crippen LogP contribution is -2.36. The maximum atomic E-state index is 11.9. The topological polar surface area (TPSA) is 57.6 Å². The van der Waals surface area contributed by atoms with Crippen LogP contribution >= 0.6 is 0 Å². The summed E-state index contributed by atoms with van der Waals surface area (Å²) in [6.45, 7) is 0.790. The molecule has 1 amide bonds. The van der Waals surface area contributed by atoms with Crippen LogP contribution in [0.4, 0.5) is 5.69 Å². The Morgan fingerprint density at radius 3 is 2.78 bits per heavy atom. The summed E-state index contributed by atoms with van der Waals surface area (Å²) in [5.41, 5.74) is 2.19. The van der Waals surface area contributed by atoms with Gasteiger partial charge in [0, 0.05) is 18.7 Å². The van der Waals surface area contributed by atoms with Crippen LogP contribution < -0.4 is 4.90 Å². The Bertz CT molecular complexity index is 520. The second-order valence-electron chi connectivity index (χ2n) is 5.10. The van der Waals surface area contributed by atoms with Gasteiger partial charge in [0.1, 0.15) is 0 Å². The van der Waals surface area contributed by atoms with Gasteiger partial charge in [0.15, 0.2) is 0 Å². The number of aromatic carboxylic acids is 1. The Labute approximate surface area is 105 Å². The molecular formula is C14H15NO3. The fraction of sp³-hybridized carbons (Fsp3) is 0.429. The molecule has 0 radical (unpaired) electrons. The number of carboxylic acids is 1. The first-order chi connectivity index (χ1) is 8.65. The Balaban J connectivity index is 1.95.